The maximum atomic E-state index is 11.1. The van der Waals surface area contributed by atoms with Gasteiger partial charge < -0.3 is 4.74 Å². The van der Waals surface area contributed by atoms with E-state index in [4.69, 9.17) is 0 Å². The van der Waals surface area contributed by atoms with Crippen molar-refractivity contribution in [2.45, 2.75) is 13.8 Å². The van der Waals surface area contributed by atoms with Crippen LogP contribution in [0, 0.1) is 6.92 Å². The summed E-state index contributed by atoms with van der Waals surface area (Å²) in [5.41, 5.74) is 1.20. The first-order valence-electron chi connectivity index (χ1n) is 3.75. The van der Waals surface area contributed by atoms with Crippen LogP contribution in [-0.2, 0) is 4.74 Å². The predicted molar refractivity (Wildman–Crippen MR) is 50.4 cm³/mol. The lowest BCUT2D eigenvalue weighted by molar-refractivity contribution is 0.0600. The van der Waals surface area contributed by atoms with Crippen LogP contribution in [0.1, 0.15) is 32.5 Å². The van der Waals surface area contributed by atoms with E-state index in [0.717, 1.165) is 0 Å². The molecule has 3 nitrogen and oxygen atoms in total. The minimum Gasteiger partial charge on any atom is -0.465 e. The Morgan fingerprint density at radius 1 is 1.46 bits per heavy atom. The van der Waals surface area contributed by atoms with E-state index >= 15 is 0 Å². The highest BCUT2D eigenvalue weighted by Gasteiger charge is 2.16. The average molecular weight is 198 g/mol. The zero-order chi connectivity index (χ0) is 10.0. The van der Waals surface area contributed by atoms with Crippen LogP contribution in [0.5, 0.6) is 0 Å². The summed E-state index contributed by atoms with van der Waals surface area (Å²) in [5.74, 6) is -0.404. The van der Waals surface area contributed by atoms with Gasteiger partial charge in [-0.3, -0.25) is 4.79 Å². The molecule has 0 aliphatic rings. The van der Waals surface area contributed by atoms with Crippen LogP contribution in [0.15, 0.2) is 5.38 Å². The molecule has 1 aromatic rings. The fourth-order valence-electron chi connectivity index (χ4n) is 1.08. The molecule has 0 fully saturated rings. The van der Waals surface area contributed by atoms with E-state index < -0.39 is 0 Å². The predicted octanol–water partition coefficient (Wildman–Crippen LogP) is 2.05. The molecular weight excluding hydrogens is 188 g/mol. The number of ether oxygens (including phenoxy) is 1. The molecule has 0 amide bonds. The molecule has 4 heteroatoms. The van der Waals surface area contributed by atoms with E-state index in [-0.39, 0.29) is 11.8 Å². The minimum atomic E-state index is -0.388. The summed E-state index contributed by atoms with van der Waals surface area (Å²) >= 11 is 1.28. The second-order valence-electron chi connectivity index (χ2n) is 2.65. The zero-order valence-corrected chi connectivity index (χ0v) is 8.53. The second-order valence-corrected chi connectivity index (χ2v) is 3.53. The van der Waals surface area contributed by atoms with Gasteiger partial charge in [0.25, 0.3) is 0 Å². The molecule has 0 saturated heterocycles. The summed E-state index contributed by atoms with van der Waals surface area (Å²) in [6, 6.07) is 0. The minimum absolute atomic E-state index is 0.0161. The van der Waals surface area contributed by atoms with Crippen molar-refractivity contribution in [1.29, 1.82) is 0 Å². The fraction of sp³-hybridized carbons (Fsp3) is 0.333. The first-order valence-corrected chi connectivity index (χ1v) is 4.63. The van der Waals surface area contributed by atoms with Gasteiger partial charge in [0.1, 0.15) is 0 Å². The van der Waals surface area contributed by atoms with Crippen LogP contribution in [0.4, 0.5) is 0 Å². The van der Waals surface area contributed by atoms with Gasteiger partial charge in [0.2, 0.25) is 0 Å². The van der Waals surface area contributed by atoms with E-state index in [9.17, 15) is 9.59 Å². The first kappa shape index (κ1) is 9.92. The second kappa shape index (κ2) is 3.70. The summed E-state index contributed by atoms with van der Waals surface area (Å²) in [7, 11) is 1.33. The van der Waals surface area contributed by atoms with Gasteiger partial charge in [-0.1, -0.05) is 0 Å². The highest BCUT2D eigenvalue weighted by Crippen LogP contribution is 2.22. The van der Waals surface area contributed by atoms with Crippen molar-refractivity contribution in [1.82, 2.24) is 0 Å². The van der Waals surface area contributed by atoms with Crippen LogP contribution >= 0.6 is 11.3 Å². The molecule has 0 aromatic carbocycles. The van der Waals surface area contributed by atoms with Crippen molar-refractivity contribution in [2.24, 2.45) is 0 Å². The van der Waals surface area contributed by atoms with Gasteiger partial charge >= 0.3 is 5.97 Å². The third-order valence-corrected chi connectivity index (χ3v) is 2.95. The highest BCUT2D eigenvalue weighted by atomic mass is 32.1. The molecule has 1 heterocycles. The van der Waals surface area contributed by atoms with Crippen molar-refractivity contribution in [2.75, 3.05) is 7.11 Å². The molecule has 13 heavy (non-hydrogen) atoms. The maximum absolute atomic E-state index is 11.1. The van der Waals surface area contributed by atoms with Crippen LogP contribution in [-0.4, -0.2) is 18.9 Å². The number of esters is 1. The number of hydrogen-bond donors (Lipinski definition) is 0. The molecule has 0 aliphatic carbocycles. The van der Waals surface area contributed by atoms with Crippen molar-refractivity contribution in [3.8, 4) is 0 Å². The number of ketones is 1. The highest BCUT2D eigenvalue weighted by molar-refractivity contribution is 7.12. The number of rotatable bonds is 2. The lowest BCUT2D eigenvalue weighted by Crippen LogP contribution is -2.02. The van der Waals surface area contributed by atoms with E-state index in [1.807, 2.05) is 0 Å². The normalized spacial score (nSPS) is 9.77. The smallest absolute Gasteiger partial charge is 0.338 e. The Balaban J connectivity index is 3.13. The maximum Gasteiger partial charge on any atom is 0.338 e. The lowest BCUT2D eigenvalue weighted by Gasteiger charge is -1.97. The van der Waals surface area contributed by atoms with Gasteiger partial charge in [-0.15, -0.1) is 11.3 Å². The standard InChI is InChI=1S/C9H10O3S/c1-5-7(9(11)12-3)4-13-8(5)6(2)10/h4H,1-3H3. The Morgan fingerprint density at radius 2 is 2.08 bits per heavy atom. The number of thiophene rings is 1. The van der Waals surface area contributed by atoms with Crippen molar-refractivity contribution in [3.63, 3.8) is 0 Å². The number of methoxy groups -OCH3 is 1. The van der Waals surface area contributed by atoms with Gasteiger partial charge in [0, 0.05) is 5.38 Å². The Bertz CT molecular complexity index is 352. The van der Waals surface area contributed by atoms with E-state index in [0.29, 0.717) is 16.0 Å². The summed E-state index contributed by atoms with van der Waals surface area (Å²) in [5, 5.41) is 1.65. The van der Waals surface area contributed by atoms with E-state index in [1.165, 1.54) is 25.4 Å². The van der Waals surface area contributed by atoms with Gasteiger partial charge in [0.05, 0.1) is 17.6 Å². The Hall–Kier alpha value is -1.16. The van der Waals surface area contributed by atoms with Crippen molar-refractivity contribution >= 4 is 23.1 Å². The summed E-state index contributed by atoms with van der Waals surface area (Å²) < 4.78 is 4.57. The van der Waals surface area contributed by atoms with Gasteiger partial charge in [-0.05, 0) is 19.4 Å². The molecule has 0 aliphatic heterocycles. The van der Waals surface area contributed by atoms with Crippen LogP contribution in [0.25, 0.3) is 0 Å². The lowest BCUT2D eigenvalue weighted by atomic mass is 10.1. The van der Waals surface area contributed by atoms with Crippen LogP contribution < -0.4 is 0 Å². The largest absolute Gasteiger partial charge is 0.465 e. The third kappa shape index (κ3) is 1.78. The fourth-order valence-corrected chi connectivity index (χ4v) is 2.04. The van der Waals surface area contributed by atoms with Crippen molar-refractivity contribution < 1.29 is 14.3 Å². The zero-order valence-electron chi connectivity index (χ0n) is 7.71. The number of hydrogen-bond acceptors (Lipinski definition) is 4. The average Bonchev–Trinajstić information content (AvgIpc) is 2.46. The monoisotopic (exact) mass is 198 g/mol. The van der Waals surface area contributed by atoms with Crippen LogP contribution in [0.2, 0.25) is 0 Å². The molecule has 0 atom stereocenters. The molecular formula is C9H10O3S. The SMILES string of the molecule is COC(=O)c1csc(C(C)=O)c1C. The molecule has 0 radical (unpaired) electrons. The molecule has 0 N–H and O–H groups in total. The van der Waals surface area contributed by atoms with Gasteiger partial charge in [-0.25, -0.2) is 4.79 Å². The molecule has 0 unspecified atom stereocenters. The molecule has 0 bridgehead atoms. The Kier molecular flexibility index (Phi) is 2.83. The first-order chi connectivity index (χ1) is 6.07. The third-order valence-electron chi connectivity index (χ3n) is 1.76. The topological polar surface area (TPSA) is 43.4 Å². The molecule has 1 aromatic heterocycles. The summed E-state index contributed by atoms with van der Waals surface area (Å²) in [4.78, 5) is 22.8. The summed E-state index contributed by atoms with van der Waals surface area (Å²) in [6.45, 7) is 3.24. The Labute approximate surface area is 80.3 Å². The Morgan fingerprint density at radius 3 is 2.46 bits per heavy atom. The molecule has 0 spiro atoms. The molecule has 1 rings (SSSR count). The number of Topliss-reactive ketones (excluding diaryl/α,β-unsaturated/α-hetero) is 1. The van der Waals surface area contributed by atoms with Gasteiger partial charge in [-0.2, -0.15) is 0 Å². The quantitative estimate of drug-likeness (QED) is 0.539. The molecule has 0 saturated carbocycles. The van der Waals surface area contributed by atoms with E-state index in [2.05, 4.69) is 4.74 Å². The van der Waals surface area contributed by atoms with Crippen LogP contribution in [0.3, 0.4) is 0 Å². The number of carbonyl (C=O) groups is 2. The number of carbonyl (C=O) groups excluding carboxylic acids is 2. The summed E-state index contributed by atoms with van der Waals surface area (Å²) in [6.07, 6.45) is 0. The molecule has 70 valence electrons. The van der Waals surface area contributed by atoms with Gasteiger partial charge in [0.15, 0.2) is 5.78 Å². The van der Waals surface area contributed by atoms with E-state index in [1.54, 1.807) is 12.3 Å². The van der Waals surface area contributed by atoms with Crippen molar-refractivity contribution in [3.05, 3.63) is 21.4 Å².